The average Bonchev–Trinajstić information content (AvgIpc) is 3.46. The molecule has 2 aromatic heterocycles. The van der Waals surface area contributed by atoms with Crippen LogP contribution in [0.3, 0.4) is 0 Å². The SMILES string of the molecule is Cc1cc(CCc2ccccc2)oc(=O)c1C(=O)N(C)Cc1cc(C2CC2)on1. The van der Waals surface area contributed by atoms with E-state index in [0.29, 0.717) is 29.4 Å². The molecule has 0 saturated heterocycles. The molecule has 0 unspecified atom stereocenters. The first-order valence-corrected chi connectivity index (χ1v) is 9.90. The van der Waals surface area contributed by atoms with E-state index in [9.17, 15) is 9.59 Å². The molecule has 1 saturated carbocycles. The molecule has 0 N–H and O–H groups in total. The molecule has 150 valence electrons. The summed E-state index contributed by atoms with van der Waals surface area (Å²) in [6.45, 7) is 2.05. The molecular formula is C23H24N2O4. The van der Waals surface area contributed by atoms with E-state index in [2.05, 4.69) is 5.16 Å². The first-order valence-electron chi connectivity index (χ1n) is 9.90. The number of benzene rings is 1. The van der Waals surface area contributed by atoms with Crippen LogP contribution in [0.4, 0.5) is 0 Å². The number of aromatic nitrogens is 1. The molecule has 6 nitrogen and oxygen atoms in total. The third kappa shape index (κ3) is 4.47. The Kier molecular flexibility index (Phi) is 5.34. The zero-order chi connectivity index (χ0) is 20.4. The third-order valence-corrected chi connectivity index (χ3v) is 5.22. The number of carbonyl (C=O) groups is 1. The Hall–Kier alpha value is -3.15. The fourth-order valence-corrected chi connectivity index (χ4v) is 3.43. The van der Waals surface area contributed by atoms with Crippen LogP contribution < -0.4 is 5.63 Å². The van der Waals surface area contributed by atoms with Crippen LogP contribution in [0.5, 0.6) is 0 Å². The van der Waals surface area contributed by atoms with Crippen molar-refractivity contribution in [1.82, 2.24) is 10.1 Å². The van der Waals surface area contributed by atoms with E-state index in [4.69, 9.17) is 8.94 Å². The van der Waals surface area contributed by atoms with Gasteiger partial charge in [0.1, 0.15) is 22.8 Å². The van der Waals surface area contributed by atoms with Crippen LogP contribution in [0.2, 0.25) is 0 Å². The highest BCUT2D eigenvalue weighted by Crippen LogP contribution is 2.40. The van der Waals surface area contributed by atoms with Gasteiger partial charge in [0.05, 0.1) is 6.54 Å². The summed E-state index contributed by atoms with van der Waals surface area (Å²) >= 11 is 0. The van der Waals surface area contributed by atoms with Crippen LogP contribution in [0.1, 0.15) is 57.5 Å². The third-order valence-electron chi connectivity index (χ3n) is 5.22. The molecule has 29 heavy (non-hydrogen) atoms. The number of aryl methyl sites for hydroxylation is 3. The van der Waals surface area contributed by atoms with Crippen LogP contribution in [-0.4, -0.2) is 23.0 Å². The number of rotatable bonds is 7. The fraction of sp³-hybridized carbons (Fsp3) is 0.348. The van der Waals surface area contributed by atoms with Crippen LogP contribution >= 0.6 is 0 Å². The molecule has 3 aromatic rings. The molecule has 4 rings (SSSR count). The van der Waals surface area contributed by atoms with Crippen molar-refractivity contribution in [1.29, 1.82) is 0 Å². The maximum Gasteiger partial charge on any atom is 0.349 e. The smallest absolute Gasteiger partial charge is 0.349 e. The Balaban J connectivity index is 1.45. The topological polar surface area (TPSA) is 76.6 Å². The number of hydrogen-bond donors (Lipinski definition) is 0. The van der Waals surface area contributed by atoms with Crippen LogP contribution in [0.15, 0.2) is 56.2 Å². The second-order valence-electron chi connectivity index (χ2n) is 7.70. The summed E-state index contributed by atoms with van der Waals surface area (Å²) < 4.78 is 10.8. The van der Waals surface area contributed by atoms with E-state index in [1.807, 2.05) is 36.4 Å². The first kappa shape index (κ1) is 19.2. The summed E-state index contributed by atoms with van der Waals surface area (Å²) in [7, 11) is 1.65. The molecule has 1 aliphatic rings. The van der Waals surface area contributed by atoms with Crippen LogP contribution in [0.25, 0.3) is 0 Å². The number of amides is 1. The van der Waals surface area contributed by atoms with Gasteiger partial charge in [-0.05, 0) is 43.4 Å². The van der Waals surface area contributed by atoms with E-state index in [1.54, 1.807) is 20.0 Å². The van der Waals surface area contributed by atoms with Gasteiger partial charge < -0.3 is 13.8 Å². The summed E-state index contributed by atoms with van der Waals surface area (Å²) in [6, 6.07) is 13.7. The van der Waals surface area contributed by atoms with Crippen LogP contribution in [0, 0.1) is 6.92 Å². The van der Waals surface area contributed by atoms with E-state index in [-0.39, 0.29) is 18.0 Å². The van der Waals surface area contributed by atoms with Gasteiger partial charge in [0.25, 0.3) is 5.91 Å². The van der Waals surface area contributed by atoms with Gasteiger partial charge in [0.15, 0.2) is 0 Å². The van der Waals surface area contributed by atoms with E-state index in [0.717, 1.165) is 25.0 Å². The molecular weight excluding hydrogens is 368 g/mol. The maximum absolute atomic E-state index is 12.8. The molecule has 6 heteroatoms. The van der Waals surface area contributed by atoms with Gasteiger partial charge in [-0.15, -0.1) is 0 Å². The van der Waals surface area contributed by atoms with Gasteiger partial charge >= 0.3 is 5.63 Å². The highest BCUT2D eigenvalue weighted by Gasteiger charge is 2.28. The molecule has 1 aromatic carbocycles. The lowest BCUT2D eigenvalue weighted by Gasteiger charge is -2.16. The highest BCUT2D eigenvalue weighted by atomic mass is 16.5. The minimum Gasteiger partial charge on any atom is -0.427 e. The molecule has 2 heterocycles. The van der Waals surface area contributed by atoms with E-state index in [1.165, 1.54) is 10.5 Å². The van der Waals surface area contributed by atoms with Gasteiger partial charge in [-0.1, -0.05) is 35.5 Å². The van der Waals surface area contributed by atoms with Crippen molar-refractivity contribution in [3.05, 3.63) is 86.8 Å². The quantitative estimate of drug-likeness (QED) is 0.610. The van der Waals surface area contributed by atoms with Crippen LogP contribution in [-0.2, 0) is 19.4 Å². The Bertz CT molecular complexity index is 1060. The van der Waals surface area contributed by atoms with E-state index >= 15 is 0 Å². The molecule has 0 atom stereocenters. The minimum atomic E-state index is -0.594. The van der Waals surface area contributed by atoms with Crippen molar-refractivity contribution in [2.45, 2.75) is 45.1 Å². The van der Waals surface area contributed by atoms with Crippen molar-refractivity contribution >= 4 is 5.91 Å². The second kappa shape index (κ2) is 8.07. The molecule has 0 aliphatic heterocycles. The minimum absolute atomic E-state index is 0.0712. The van der Waals surface area contributed by atoms with Gasteiger partial charge in [-0.3, -0.25) is 4.79 Å². The van der Waals surface area contributed by atoms with Gasteiger partial charge in [-0.2, -0.15) is 0 Å². The fourth-order valence-electron chi connectivity index (χ4n) is 3.43. The number of nitrogens with zero attached hydrogens (tertiary/aromatic N) is 2. The Morgan fingerprint density at radius 3 is 2.62 bits per heavy atom. The second-order valence-corrected chi connectivity index (χ2v) is 7.70. The lowest BCUT2D eigenvalue weighted by Crippen LogP contribution is -2.31. The van der Waals surface area contributed by atoms with Crippen molar-refractivity contribution in [3.8, 4) is 0 Å². The van der Waals surface area contributed by atoms with Crippen molar-refractivity contribution in [3.63, 3.8) is 0 Å². The maximum atomic E-state index is 12.8. The van der Waals surface area contributed by atoms with Gasteiger partial charge in [0.2, 0.25) is 0 Å². The summed E-state index contributed by atoms with van der Waals surface area (Å²) in [5.41, 5.74) is 1.96. The zero-order valence-electron chi connectivity index (χ0n) is 16.7. The molecule has 0 radical (unpaired) electrons. The zero-order valence-corrected chi connectivity index (χ0v) is 16.7. The van der Waals surface area contributed by atoms with Crippen molar-refractivity contribution in [2.75, 3.05) is 7.05 Å². The van der Waals surface area contributed by atoms with Gasteiger partial charge in [-0.25, -0.2) is 4.79 Å². The van der Waals surface area contributed by atoms with Crippen molar-refractivity contribution in [2.24, 2.45) is 0 Å². The molecule has 1 fully saturated rings. The normalized spacial score (nSPS) is 13.4. The average molecular weight is 392 g/mol. The monoisotopic (exact) mass is 392 g/mol. The predicted molar refractivity (Wildman–Crippen MR) is 108 cm³/mol. The number of carbonyl (C=O) groups excluding carboxylic acids is 1. The Labute approximate surface area is 169 Å². The summed E-state index contributed by atoms with van der Waals surface area (Å²) in [5.74, 6) is 1.55. The summed E-state index contributed by atoms with van der Waals surface area (Å²) in [5, 5.41) is 4.04. The Morgan fingerprint density at radius 2 is 1.93 bits per heavy atom. The predicted octanol–water partition coefficient (Wildman–Crippen LogP) is 3.87. The van der Waals surface area contributed by atoms with Gasteiger partial charge in [0, 0.05) is 25.5 Å². The number of hydrogen-bond acceptors (Lipinski definition) is 5. The van der Waals surface area contributed by atoms with E-state index < -0.39 is 5.63 Å². The lowest BCUT2D eigenvalue weighted by molar-refractivity contribution is 0.0776. The molecule has 0 spiro atoms. The molecule has 0 bridgehead atoms. The standard InChI is InChI=1S/C23H24N2O4/c1-15-12-19(11-8-16-6-4-3-5-7-16)28-23(27)21(15)22(26)25(2)14-18-13-20(29-24-18)17-9-10-17/h3-7,12-13,17H,8-11,14H2,1-2H3. The Morgan fingerprint density at radius 1 is 1.17 bits per heavy atom. The first-order chi connectivity index (χ1) is 14.0. The molecule has 1 aliphatic carbocycles. The lowest BCUT2D eigenvalue weighted by atomic mass is 10.1. The molecule has 1 amide bonds. The summed E-state index contributed by atoms with van der Waals surface area (Å²) in [6.07, 6.45) is 3.62. The highest BCUT2D eigenvalue weighted by molar-refractivity contribution is 5.94. The largest absolute Gasteiger partial charge is 0.427 e. The summed E-state index contributed by atoms with van der Waals surface area (Å²) in [4.78, 5) is 26.8. The van der Waals surface area contributed by atoms with Crippen molar-refractivity contribution < 1.29 is 13.7 Å².